The molecule has 0 unspecified atom stereocenters. The van der Waals surface area contributed by atoms with E-state index in [2.05, 4.69) is 15.9 Å². The zero-order valence-corrected chi connectivity index (χ0v) is 14.3. The summed E-state index contributed by atoms with van der Waals surface area (Å²) in [6, 6.07) is 18.1. The van der Waals surface area contributed by atoms with Crippen LogP contribution in [0.4, 0.5) is 0 Å². The van der Waals surface area contributed by atoms with Crippen molar-refractivity contribution < 1.29 is 19.4 Å². The quantitative estimate of drug-likeness (QED) is 0.516. The van der Waals surface area contributed by atoms with Gasteiger partial charge in [-0.1, -0.05) is 40.2 Å². The molecule has 0 fully saturated rings. The summed E-state index contributed by atoms with van der Waals surface area (Å²) < 4.78 is 11.6. The first-order valence-corrected chi connectivity index (χ1v) is 8.20. The molecule has 0 bridgehead atoms. The number of carbonyl (C=O) groups excluding carboxylic acids is 1. The topological polar surface area (TPSA) is 55.8 Å². The van der Waals surface area contributed by atoms with Crippen LogP contribution in [0.15, 0.2) is 65.1 Å². The number of benzene rings is 3. The molecular weight excluding hydrogens is 372 g/mol. The molecule has 0 radical (unpaired) electrons. The van der Waals surface area contributed by atoms with E-state index in [9.17, 15) is 9.90 Å². The first-order chi connectivity index (χ1) is 11.6. The van der Waals surface area contributed by atoms with Crippen LogP contribution >= 0.6 is 15.9 Å². The molecule has 0 heterocycles. The number of fused-ring (bicyclic) bond motifs is 1. The Balaban J connectivity index is 1.59. The van der Waals surface area contributed by atoms with Crippen LogP contribution in [0.3, 0.4) is 0 Å². The van der Waals surface area contributed by atoms with Crippen molar-refractivity contribution in [2.45, 2.75) is 0 Å². The number of aromatic hydroxyl groups is 1. The van der Waals surface area contributed by atoms with E-state index in [4.69, 9.17) is 9.47 Å². The molecule has 0 saturated heterocycles. The Morgan fingerprint density at radius 2 is 1.62 bits per heavy atom. The molecule has 1 N–H and O–H groups in total. The second-order valence-electron chi connectivity index (χ2n) is 5.15. The molecule has 0 aromatic heterocycles. The van der Waals surface area contributed by atoms with Crippen LogP contribution in [-0.4, -0.2) is 24.3 Å². The fourth-order valence-corrected chi connectivity index (χ4v) is 2.56. The lowest BCUT2D eigenvalue weighted by Gasteiger charge is -2.09. The first-order valence-electron chi connectivity index (χ1n) is 7.41. The molecule has 4 nitrogen and oxygen atoms in total. The summed E-state index contributed by atoms with van der Waals surface area (Å²) in [5.74, 6) is 0.0352. The van der Waals surface area contributed by atoms with E-state index < -0.39 is 5.97 Å². The van der Waals surface area contributed by atoms with Gasteiger partial charge in [0.05, 0.1) is 0 Å². The van der Waals surface area contributed by atoms with Crippen LogP contribution in [0.25, 0.3) is 10.8 Å². The fraction of sp³-hybridized carbons (Fsp3) is 0.105. The van der Waals surface area contributed by atoms with Gasteiger partial charge in [0, 0.05) is 4.47 Å². The van der Waals surface area contributed by atoms with E-state index in [0.717, 1.165) is 15.2 Å². The van der Waals surface area contributed by atoms with Crippen molar-refractivity contribution in [2.75, 3.05) is 13.2 Å². The summed E-state index contributed by atoms with van der Waals surface area (Å²) in [7, 11) is 0. The molecule has 0 spiro atoms. The highest BCUT2D eigenvalue weighted by Gasteiger charge is 2.13. The second kappa shape index (κ2) is 7.36. The van der Waals surface area contributed by atoms with Gasteiger partial charge in [-0.15, -0.1) is 0 Å². The minimum absolute atomic E-state index is 0.0903. The number of esters is 1. The number of rotatable bonds is 5. The fourth-order valence-electron chi connectivity index (χ4n) is 2.29. The van der Waals surface area contributed by atoms with E-state index >= 15 is 0 Å². The lowest BCUT2D eigenvalue weighted by molar-refractivity contribution is 0.0447. The van der Waals surface area contributed by atoms with Crippen molar-refractivity contribution in [3.05, 3.63) is 70.7 Å². The van der Waals surface area contributed by atoms with E-state index in [1.54, 1.807) is 12.1 Å². The Bertz CT molecular complexity index is 859. The maximum Gasteiger partial charge on any atom is 0.342 e. The van der Waals surface area contributed by atoms with E-state index in [1.807, 2.05) is 48.5 Å². The molecule has 24 heavy (non-hydrogen) atoms. The largest absolute Gasteiger partial charge is 0.507 e. The molecule has 0 aliphatic heterocycles. The molecule has 5 heteroatoms. The normalized spacial score (nSPS) is 10.5. The number of ether oxygens (including phenoxy) is 2. The average molecular weight is 387 g/mol. The minimum atomic E-state index is -0.572. The van der Waals surface area contributed by atoms with E-state index in [1.165, 1.54) is 0 Å². The highest BCUT2D eigenvalue weighted by atomic mass is 79.9. The van der Waals surface area contributed by atoms with Crippen LogP contribution in [0.1, 0.15) is 10.4 Å². The van der Waals surface area contributed by atoms with E-state index in [-0.39, 0.29) is 24.5 Å². The number of hydrogen-bond acceptors (Lipinski definition) is 4. The van der Waals surface area contributed by atoms with Gasteiger partial charge in [0.2, 0.25) is 0 Å². The maximum atomic E-state index is 12.1. The average Bonchev–Trinajstić information content (AvgIpc) is 2.59. The Hall–Kier alpha value is -2.53. The summed E-state index contributed by atoms with van der Waals surface area (Å²) >= 11 is 3.35. The summed E-state index contributed by atoms with van der Waals surface area (Å²) in [6.07, 6.45) is 0. The third-order valence-electron chi connectivity index (χ3n) is 3.48. The standard InChI is InChI=1S/C19H15BrO4/c20-15-5-7-16(8-6-15)23-9-10-24-19(22)17-11-13-3-1-2-4-14(13)12-18(17)21/h1-8,11-12,21H,9-10H2. The third-order valence-corrected chi connectivity index (χ3v) is 4.01. The Labute approximate surface area is 147 Å². The summed E-state index contributed by atoms with van der Waals surface area (Å²) in [6.45, 7) is 0.336. The molecule has 0 aliphatic rings. The maximum absolute atomic E-state index is 12.1. The van der Waals surface area contributed by atoms with Gasteiger partial charge in [0.1, 0.15) is 30.3 Å². The van der Waals surface area contributed by atoms with Gasteiger partial charge < -0.3 is 14.6 Å². The molecule has 3 aromatic rings. The van der Waals surface area contributed by atoms with Gasteiger partial charge in [0.25, 0.3) is 0 Å². The zero-order valence-electron chi connectivity index (χ0n) is 12.7. The highest BCUT2D eigenvalue weighted by Crippen LogP contribution is 2.25. The van der Waals surface area contributed by atoms with E-state index in [0.29, 0.717) is 5.75 Å². The number of phenolic OH excluding ortho intramolecular Hbond substituents is 1. The minimum Gasteiger partial charge on any atom is -0.507 e. The number of halogens is 1. The van der Waals surface area contributed by atoms with Crippen molar-refractivity contribution in [1.82, 2.24) is 0 Å². The zero-order chi connectivity index (χ0) is 16.9. The van der Waals surface area contributed by atoms with Gasteiger partial charge in [0.15, 0.2) is 0 Å². The third kappa shape index (κ3) is 3.86. The SMILES string of the molecule is O=C(OCCOc1ccc(Br)cc1)c1cc2ccccc2cc1O. The van der Waals surface area contributed by atoms with Crippen LogP contribution < -0.4 is 4.74 Å². The lowest BCUT2D eigenvalue weighted by atomic mass is 10.1. The summed E-state index contributed by atoms with van der Waals surface area (Å²) in [5, 5.41) is 11.7. The predicted octanol–water partition coefficient (Wildman–Crippen LogP) is 4.54. The summed E-state index contributed by atoms with van der Waals surface area (Å²) in [4.78, 5) is 12.1. The highest BCUT2D eigenvalue weighted by molar-refractivity contribution is 9.10. The Morgan fingerprint density at radius 3 is 2.33 bits per heavy atom. The molecule has 122 valence electrons. The van der Waals surface area contributed by atoms with Gasteiger partial charge in [-0.05, 0) is 47.2 Å². The van der Waals surface area contributed by atoms with Gasteiger partial charge >= 0.3 is 5.97 Å². The van der Waals surface area contributed by atoms with Gasteiger partial charge in [-0.3, -0.25) is 0 Å². The number of hydrogen-bond donors (Lipinski definition) is 1. The number of phenols is 1. The summed E-state index contributed by atoms with van der Waals surface area (Å²) in [5.41, 5.74) is 0.150. The first kappa shape index (κ1) is 16.3. The molecule has 0 saturated carbocycles. The molecule has 3 rings (SSSR count). The van der Waals surface area contributed by atoms with Crippen LogP contribution in [0.5, 0.6) is 11.5 Å². The van der Waals surface area contributed by atoms with Gasteiger partial charge in [-0.2, -0.15) is 0 Å². The van der Waals surface area contributed by atoms with Crippen molar-refractivity contribution in [2.24, 2.45) is 0 Å². The second-order valence-corrected chi connectivity index (χ2v) is 6.07. The molecular formula is C19H15BrO4. The van der Waals surface area contributed by atoms with Crippen molar-refractivity contribution in [3.63, 3.8) is 0 Å². The number of carbonyl (C=O) groups is 1. The Kier molecular flexibility index (Phi) is 5.01. The molecule has 0 amide bonds. The smallest absolute Gasteiger partial charge is 0.342 e. The molecule has 0 aliphatic carbocycles. The Morgan fingerprint density at radius 1 is 0.958 bits per heavy atom. The van der Waals surface area contributed by atoms with Crippen LogP contribution in [0.2, 0.25) is 0 Å². The van der Waals surface area contributed by atoms with Gasteiger partial charge in [-0.25, -0.2) is 4.79 Å². The molecule has 3 aromatic carbocycles. The predicted molar refractivity (Wildman–Crippen MR) is 95.5 cm³/mol. The van der Waals surface area contributed by atoms with Crippen molar-refractivity contribution >= 4 is 32.7 Å². The van der Waals surface area contributed by atoms with Crippen LogP contribution in [-0.2, 0) is 4.74 Å². The van der Waals surface area contributed by atoms with Crippen molar-refractivity contribution in [3.8, 4) is 11.5 Å². The van der Waals surface area contributed by atoms with Crippen LogP contribution in [0, 0.1) is 0 Å². The van der Waals surface area contributed by atoms with Crippen molar-refractivity contribution in [1.29, 1.82) is 0 Å². The lowest BCUT2D eigenvalue weighted by Crippen LogP contribution is -2.12. The molecule has 0 atom stereocenters. The monoisotopic (exact) mass is 386 g/mol.